The van der Waals surface area contributed by atoms with E-state index in [4.69, 9.17) is 11.6 Å². The molecule has 0 unspecified atom stereocenters. The number of hydrogen-bond acceptors (Lipinski definition) is 4. The monoisotopic (exact) mass is 313 g/mol. The maximum atomic E-state index is 12.2. The van der Waals surface area contributed by atoms with E-state index in [1.165, 1.54) is 0 Å². The fourth-order valence-corrected chi connectivity index (χ4v) is 2.15. The van der Waals surface area contributed by atoms with Gasteiger partial charge in [-0.2, -0.15) is 0 Å². The van der Waals surface area contributed by atoms with Crippen molar-refractivity contribution in [3.63, 3.8) is 0 Å². The summed E-state index contributed by atoms with van der Waals surface area (Å²) in [5, 5.41) is 7.52. The van der Waals surface area contributed by atoms with E-state index in [1.54, 1.807) is 48.3 Å². The third-order valence-electron chi connectivity index (χ3n) is 2.94. The molecular weight excluding hydrogens is 302 g/mol. The maximum Gasteiger partial charge on any atom is 0.295 e. The molecule has 0 fully saturated rings. The molecule has 0 aliphatic heterocycles. The Kier molecular flexibility index (Phi) is 3.84. The summed E-state index contributed by atoms with van der Waals surface area (Å²) in [6.45, 7) is 1.77. The van der Waals surface area contributed by atoms with Crippen LogP contribution in [0.2, 0.25) is 5.02 Å². The minimum absolute atomic E-state index is 0.0846. The fourth-order valence-electron chi connectivity index (χ4n) is 1.96. The van der Waals surface area contributed by atoms with Crippen molar-refractivity contribution < 1.29 is 4.79 Å². The zero-order valence-corrected chi connectivity index (χ0v) is 12.4. The number of benzene rings is 1. The van der Waals surface area contributed by atoms with Crippen molar-refractivity contribution in [1.29, 1.82) is 0 Å². The molecule has 3 rings (SSSR count). The van der Waals surface area contributed by atoms with Gasteiger partial charge >= 0.3 is 0 Å². The molecule has 0 saturated carbocycles. The molecule has 7 heteroatoms. The van der Waals surface area contributed by atoms with Gasteiger partial charge in [0.2, 0.25) is 5.82 Å². The van der Waals surface area contributed by atoms with Crippen LogP contribution in [-0.4, -0.2) is 25.7 Å². The first-order valence-electron chi connectivity index (χ1n) is 6.54. The van der Waals surface area contributed by atoms with Crippen molar-refractivity contribution in [2.75, 3.05) is 5.32 Å². The van der Waals surface area contributed by atoms with Gasteiger partial charge in [-0.25, -0.2) is 9.67 Å². The Morgan fingerprint density at radius 3 is 2.86 bits per heavy atom. The van der Waals surface area contributed by atoms with Gasteiger partial charge in [0.1, 0.15) is 5.82 Å². The molecular formula is C15H12ClN5O. The highest BCUT2D eigenvalue weighted by Crippen LogP contribution is 2.15. The summed E-state index contributed by atoms with van der Waals surface area (Å²) in [5.74, 6) is 0.289. The first kappa shape index (κ1) is 14.2. The third kappa shape index (κ3) is 2.96. The number of nitrogens with one attached hydrogen (secondary N) is 1. The number of carbonyl (C=O) groups excluding carboxylic acids is 1. The number of rotatable bonds is 3. The maximum absolute atomic E-state index is 12.2. The number of nitrogens with zero attached hydrogens (tertiary/aromatic N) is 4. The minimum atomic E-state index is -0.392. The van der Waals surface area contributed by atoms with E-state index in [9.17, 15) is 4.79 Å². The van der Waals surface area contributed by atoms with Crippen LogP contribution in [0.4, 0.5) is 5.69 Å². The Morgan fingerprint density at radius 1 is 1.27 bits per heavy atom. The molecule has 6 nitrogen and oxygen atoms in total. The lowest BCUT2D eigenvalue weighted by molar-refractivity contribution is 0.101. The number of aromatic nitrogens is 4. The smallest absolute Gasteiger partial charge is 0.295 e. The van der Waals surface area contributed by atoms with Gasteiger partial charge in [-0.05, 0) is 37.3 Å². The van der Waals surface area contributed by atoms with Crippen LogP contribution in [0.15, 0.2) is 48.8 Å². The SMILES string of the molecule is Cc1nc(C(=O)Nc2cccnc2)nn1-c1cccc(Cl)c1. The number of pyridine rings is 1. The first-order chi connectivity index (χ1) is 10.6. The molecule has 0 radical (unpaired) electrons. The largest absolute Gasteiger partial charge is 0.318 e. The van der Waals surface area contributed by atoms with Crippen molar-refractivity contribution >= 4 is 23.2 Å². The van der Waals surface area contributed by atoms with Gasteiger partial charge in [-0.1, -0.05) is 17.7 Å². The molecule has 110 valence electrons. The van der Waals surface area contributed by atoms with E-state index < -0.39 is 5.91 Å². The van der Waals surface area contributed by atoms with Crippen LogP contribution < -0.4 is 5.32 Å². The lowest BCUT2D eigenvalue weighted by Gasteiger charge is -2.02. The molecule has 22 heavy (non-hydrogen) atoms. The van der Waals surface area contributed by atoms with Crippen molar-refractivity contribution in [3.8, 4) is 5.69 Å². The average molecular weight is 314 g/mol. The highest BCUT2D eigenvalue weighted by atomic mass is 35.5. The number of halogens is 1. The Labute approximate surface area is 131 Å². The molecule has 2 heterocycles. The summed E-state index contributed by atoms with van der Waals surface area (Å²) in [4.78, 5) is 20.3. The number of amides is 1. The molecule has 0 atom stereocenters. The normalized spacial score (nSPS) is 10.5. The van der Waals surface area contributed by atoms with E-state index in [1.807, 2.05) is 12.1 Å². The van der Waals surface area contributed by atoms with Crippen LogP contribution in [0.25, 0.3) is 5.69 Å². The second-order valence-corrected chi connectivity index (χ2v) is 5.01. The average Bonchev–Trinajstić information content (AvgIpc) is 2.90. The summed E-state index contributed by atoms with van der Waals surface area (Å²) in [6, 6.07) is 10.7. The summed E-state index contributed by atoms with van der Waals surface area (Å²) in [6.07, 6.45) is 3.19. The van der Waals surface area contributed by atoms with E-state index >= 15 is 0 Å². The van der Waals surface area contributed by atoms with Crippen molar-refractivity contribution in [1.82, 2.24) is 19.7 Å². The topological polar surface area (TPSA) is 72.7 Å². The number of hydrogen-bond donors (Lipinski definition) is 1. The lowest BCUT2D eigenvalue weighted by Crippen LogP contribution is -2.14. The summed E-state index contributed by atoms with van der Waals surface area (Å²) < 4.78 is 1.57. The quantitative estimate of drug-likeness (QED) is 0.807. The standard InChI is InChI=1S/C15H12ClN5O/c1-10-18-14(15(22)19-12-5-3-7-17-9-12)20-21(10)13-6-2-4-11(16)8-13/h2-9H,1H3,(H,19,22). The van der Waals surface area contributed by atoms with Gasteiger partial charge in [0.15, 0.2) is 0 Å². The molecule has 2 aromatic heterocycles. The van der Waals surface area contributed by atoms with Crippen LogP contribution in [0.5, 0.6) is 0 Å². The van der Waals surface area contributed by atoms with Crippen LogP contribution in [0.3, 0.4) is 0 Å². The molecule has 3 aromatic rings. The predicted octanol–water partition coefficient (Wildman–Crippen LogP) is 2.88. The van der Waals surface area contributed by atoms with Gasteiger partial charge in [0.25, 0.3) is 5.91 Å². The highest BCUT2D eigenvalue weighted by molar-refractivity contribution is 6.30. The van der Waals surface area contributed by atoms with E-state index in [0.717, 1.165) is 5.69 Å². The van der Waals surface area contributed by atoms with Crippen LogP contribution in [0, 0.1) is 6.92 Å². The van der Waals surface area contributed by atoms with E-state index in [0.29, 0.717) is 16.5 Å². The Hall–Kier alpha value is -2.73. The zero-order valence-electron chi connectivity index (χ0n) is 11.7. The predicted molar refractivity (Wildman–Crippen MR) is 83.3 cm³/mol. The summed E-state index contributed by atoms with van der Waals surface area (Å²) >= 11 is 5.98. The van der Waals surface area contributed by atoms with Crippen LogP contribution in [-0.2, 0) is 0 Å². The van der Waals surface area contributed by atoms with Gasteiger partial charge < -0.3 is 5.32 Å². The number of aryl methyl sites for hydroxylation is 1. The molecule has 0 aliphatic carbocycles. The zero-order chi connectivity index (χ0) is 15.5. The number of anilines is 1. The molecule has 1 aromatic carbocycles. The molecule has 0 saturated heterocycles. The lowest BCUT2D eigenvalue weighted by atomic mass is 10.3. The highest BCUT2D eigenvalue weighted by Gasteiger charge is 2.15. The van der Waals surface area contributed by atoms with Crippen LogP contribution >= 0.6 is 11.6 Å². The molecule has 0 bridgehead atoms. The van der Waals surface area contributed by atoms with Crippen molar-refractivity contribution in [2.45, 2.75) is 6.92 Å². The minimum Gasteiger partial charge on any atom is -0.318 e. The fraction of sp³-hybridized carbons (Fsp3) is 0.0667. The third-order valence-corrected chi connectivity index (χ3v) is 3.18. The molecule has 0 aliphatic rings. The Morgan fingerprint density at radius 2 is 2.14 bits per heavy atom. The molecule has 0 spiro atoms. The van der Waals surface area contributed by atoms with Crippen LogP contribution in [0.1, 0.15) is 16.4 Å². The van der Waals surface area contributed by atoms with Gasteiger partial charge in [0, 0.05) is 11.2 Å². The van der Waals surface area contributed by atoms with Crippen molar-refractivity contribution in [3.05, 3.63) is 65.5 Å². The number of carbonyl (C=O) groups is 1. The second kappa shape index (κ2) is 5.95. The molecule has 1 amide bonds. The van der Waals surface area contributed by atoms with E-state index in [2.05, 4.69) is 20.4 Å². The van der Waals surface area contributed by atoms with Gasteiger partial charge in [0.05, 0.1) is 17.6 Å². The van der Waals surface area contributed by atoms with Crippen molar-refractivity contribution in [2.24, 2.45) is 0 Å². The van der Waals surface area contributed by atoms with Gasteiger partial charge in [-0.15, -0.1) is 5.10 Å². The summed E-state index contributed by atoms with van der Waals surface area (Å²) in [7, 11) is 0. The van der Waals surface area contributed by atoms with E-state index in [-0.39, 0.29) is 5.82 Å². The second-order valence-electron chi connectivity index (χ2n) is 4.57. The molecule has 1 N–H and O–H groups in total. The summed E-state index contributed by atoms with van der Waals surface area (Å²) in [5.41, 5.74) is 1.34. The Bertz CT molecular complexity index is 816. The van der Waals surface area contributed by atoms with Gasteiger partial charge in [-0.3, -0.25) is 9.78 Å². The first-order valence-corrected chi connectivity index (χ1v) is 6.92. The Balaban J connectivity index is 1.87.